The number of aliphatic hydroxyl groups excluding tert-OH is 1. The average molecular weight is 340 g/mol. The maximum atomic E-state index is 10.7. The summed E-state index contributed by atoms with van der Waals surface area (Å²) >= 11 is 1.88. The molecule has 0 amide bonds. The molecule has 0 aromatic heterocycles. The highest BCUT2D eigenvalue weighted by atomic mass is 32.2. The summed E-state index contributed by atoms with van der Waals surface area (Å²) in [7, 11) is 0. The molecule has 2 aliphatic rings. The summed E-state index contributed by atoms with van der Waals surface area (Å²) in [5.41, 5.74) is 2.67. The van der Waals surface area contributed by atoms with E-state index in [-0.39, 0.29) is 10.9 Å². The van der Waals surface area contributed by atoms with Crippen molar-refractivity contribution < 1.29 is 5.11 Å². The molecule has 2 heterocycles. The first-order valence-corrected chi connectivity index (χ1v) is 9.43. The van der Waals surface area contributed by atoms with Gasteiger partial charge in [-0.2, -0.15) is 0 Å². The number of benzene rings is 2. The molecule has 0 aliphatic carbocycles. The van der Waals surface area contributed by atoms with E-state index in [1.54, 1.807) is 0 Å². The molecule has 2 aromatic carbocycles. The number of aliphatic hydroxyl groups is 1. The molecule has 4 heteroatoms. The lowest BCUT2D eigenvalue weighted by Crippen LogP contribution is -2.39. The summed E-state index contributed by atoms with van der Waals surface area (Å²) in [5.74, 6) is 0. The predicted octanol–water partition coefficient (Wildman–Crippen LogP) is 3.16. The van der Waals surface area contributed by atoms with Crippen molar-refractivity contribution in [1.82, 2.24) is 9.21 Å². The first-order chi connectivity index (χ1) is 11.7. The molecule has 4 rings (SSSR count). The number of β-amino-alcohol motifs (C(OH)–C–C–N with tert-alkyl or cyclic N) is 1. The predicted molar refractivity (Wildman–Crippen MR) is 99.5 cm³/mol. The molecule has 2 aromatic rings. The first kappa shape index (κ1) is 16.2. The highest BCUT2D eigenvalue weighted by molar-refractivity contribution is 7.98. The van der Waals surface area contributed by atoms with Crippen molar-refractivity contribution in [2.45, 2.75) is 30.4 Å². The van der Waals surface area contributed by atoms with E-state index >= 15 is 0 Å². The van der Waals surface area contributed by atoms with Gasteiger partial charge in [-0.05, 0) is 17.5 Å². The van der Waals surface area contributed by atoms with Crippen LogP contribution >= 0.6 is 11.9 Å². The molecule has 0 saturated carbocycles. The summed E-state index contributed by atoms with van der Waals surface area (Å²) in [6, 6.07) is 21.2. The quantitative estimate of drug-likeness (QED) is 0.865. The van der Waals surface area contributed by atoms with Crippen LogP contribution in [-0.2, 0) is 13.1 Å². The van der Waals surface area contributed by atoms with E-state index in [4.69, 9.17) is 0 Å². The lowest BCUT2D eigenvalue weighted by atomic mass is 10.0. The zero-order chi connectivity index (χ0) is 16.4. The lowest BCUT2D eigenvalue weighted by Gasteiger charge is -2.26. The van der Waals surface area contributed by atoms with Gasteiger partial charge in [-0.15, -0.1) is 0 Å². The fourth-order valence-electron chi connectivity index (χ4n) is 3.81. The van der Waals surface area contributed by atoms with Crippen molar-refractivity contribution >= 4 is 11.9 Å². The van der Waals surface area contributed by atoms with Crippen LogP contribution in [-0.4, -0.2) is 44.8 Å². The summed E-state index contributed by atoms with van der Waals surface area (Å²) in [6.07, 6.45) is 0.823. The van der Waals surface area contributed by atoms with Gasteiger partial charge < -0.3 is 5.11 Å². The molecule has 0 radical (unpaired) electrons. The maximum absolute atomic E-state index is 10.7. The molecule has 2 fully saturated rings. The third-order valence-corrected chi connectivity index (χ3v) is 6.59. The minimum Gasteiger partial charge on any atom is -0.390 e. The van der Waals surface area contributed by atoms with Gasteiger partial charge in [0.05, 0.1) is 10.9 Å². The maximum Gasteiger partial charge on any atom is 0.0848 e. The molecule has 0 bridgehead atoms. The Kier molecular flexibility index (Phi) is 4.63. The Morgan fingerprint density at radius 2 is 1.58 bits per heavy atom. The van der Waals surface area contributed by atoms with Crippen molar-refractivity contribution in [3.63, 3.8) is 0 Å². The number of likely N-dealkylation sites (tertiary alicyclic amines) is 1. The minimum absolute atomic E-state index is 0.0242. The zero-order valence-corrected chi connectivity index (χ0v) is 14.7. The zero-order valence-electron chi connectivity index (χ0n) is 13.8. The van der Waals surface area contributed by atoms with Crippen LogP contribution in [0.25, 0.3) is 0 Å². The van der Waals surface area contributed by atoms with Crippen LogP contribution in [0.3, 0.4) is 0 Å². The molecule has 2 saturated heterocycles. The van der Waals surface area contributed by atoms with E-state index in [9.17, 15) is 5.11 Å². The third kappa shape index (κ3) is 3.38. The smallest absolute Gasteiger partial charge is 0.0848 e. The summed E-state index contributed by atoms with van der Waals surface area (Å²) in [4.78, 5) is 2.48. The number of nitrogens with zero attached hydrogens (tertiary/aromatic N) is 2. The Morgan fingerprint density at radius 1 is 0.958 bits per heavy atom. The van der Waals surface area contributed by atoms with Crippen LogP contribution < -0.4 is 0 Å². The van der Waals surface area contributed by atoms with Gasteiger partial charge in [-0.1, -0.05) is 72.6 Å². The molecule has 126 valence electrons. The Morgan fingerprint density at radius 3 is 2.25 bits per heavy atom. The van der Waals surface area contributed by atoms with Crippen molar-refractivity contribution in [1.29, 1.82) is 0 Å². The highest BCUT2D eigenvalue weighted by Gasteiger charge is 2.50. The second kappa shape index (κ2) is 6.89. The van der Waals surface area contributed by atoms with E-state index in [0.29, 0.717) is 0 Å². The molecule has 24 heavy (non-hydrogen) atoms. The lowest BCUT2D eigenvalue weighted by molar-refractivity contribution is 0.127. The van der Waals surface area contributed by atoms with E-state index < -0.39 is 0 Å². The van der Waals surface area contributed by atoms with Crippen LogP contribution in [0.1, 0.15) is 17.5 Å². The number of rotatable bonds is 4. The molecule has 1 N–H and O–H groups in total. The van der Waals surface area contributed by atoms with Gasteiger partial charge in [-0.25, -0.2) is 4.31 Å². The third-order valence-electron chi connectivity index (χ3n) is 5.09. The van der Waals surface area contributed by atoms with Gasteiger partial charge in [0, 0.05) is 32.7 Å². The van der Waals surface area contributed by atoms with Crippen molar-refractivity contribution in [3.05, 3.63) is 71.8 Å². The van der Waals surface area contributed by atoms with Crippen LogP contribution in [0.2, 0.25) is 0 Å². The molecular weight excluding hydrogens is 316 g/mol. The van der Waals surface area contributed by atoms with Gasteiger partial charge in [-0.3, -0.25) is 4.90 Å². The Bertz CT molecular complexity index is 662. The second-order valence-corrected chi connectivity index (χ2v) is 8.44. The standard InChI is InChI=1S/C20H24N2OS/c23-19-15-22(14-18-9-5-2-6-10-18)24-20(19)11-12-21(16-20)13-17-7-3-1-4-8-17/h1-10,19,23H,11-16H2/t19-,20-/m1/s1. The van der Waals surface area contributed by atoms with E-state index in [2.05, 4.69) is 69.9 Å². The van der Waals surface area contributed by atoms with Crippen molar-refractivity contribution in [2.24, 2.45) is 0 Å². The van der Waals surface area contributed by atoms with Crippen LogP contribution in [0.4, 0.5) is 0 Å². The largest absolute Gasteiger partial charge is 0.390 e. The summed E-state index contributed by atoms with van der Waals surface area (Å²) < 4.78 is 2.32. The van der Waals surface area contributed by atoms with Gasteiger partial charge in [0.1, 0.15) is 0 Å². The monoisotopic (exact) mass is 340 g/mol. The second-order valence-electron chi connectivity index (χ2n) is 6.93. The SMILES string of the molecule is O[C@@H]1CN(Cc2ccccc2)S[C@@]12CCN(Cc1ccccc1)C2. The Hall–Kier alpha value is -1.33. The average Bonchev–Trinajstić information content (AvgIpc) is 3.13. The fraction of sp³-hybridized carbons (Fsp3) is 0.400. The van der Waals surface area contributed by atoms with Gasteiger partial charge >= 0.3 is 0 Å². The normalized spacial score (nSPS) is 28.0. The molecule has 2 atom stereocenters. The molecule has 0 unspecified atom stereocenters. The summed E-state index contributed by atoms with van der Waals surface area (Å²) in [6.45, 7) is 4.69. The molecule has 1 spiro atoms. The van der Waals surface area contributed by atoms with Crippen LogP contribution in [0.5, 0.6) is 0 Å². The first-order valence-electron chi connectivity index (χ1n) is 8.66. The topological polar surface area (TPSA) is 26.7 Å². The number of hydrogen-bond acceptors (Lipinski definition) is 4. The minimum atomic E-state index is -0.244. The van der Waals surface area contributed by atoms with Gasteiger partial charge in [0.2, 0.25) is 0 Å². The van der Waals surface area contributed by atoms with Crippen LogP contribution in [0.15, 0.2) is 60.7 Å². The molecular formula is C20H24N2OS. The van der Waals surface area contributed by atoms with Crippen molar-refractivity contribution in [3.8, 4) is 0 Å². The van der Waals surface area contributed by atoms with Crippen LogP contribution in [0, 0.1) is 0 Å². The van der Waals surface area contributed by atoms with E-state index in [1.807, 2.05) is 11.9 Å². The number of hydrogen-bond donors (Lipinski definition) is 1. The van der Waals surface area contributed by atoms with Crippen molar-refractivity contribution in [2.75, 3.05) is 19.6 Å². The molecule has 2 aliphatic heterocycles. The fourth-order valence-corrected chi connectivity index (χ4v) is 5.37. The van der Waals surface area contributed by atoms with E-state index in [1.165, 1.54) is 11.1 Å². The van der Waals surface area contributed by atoms with Gasteiger partial charge in [0.25, 0.3) is 0 Å². The Labute approximate surface area is 148 Å². The van der Waals surface area contributed by atoms with E-state index in [0.717, 1.165) is 39.1 Å². The van der Waals surface area contributed by atoms with Gasteiger partial charge in [0.15, 0.2) is 0 Å². The highest BCUT2D eigenvalue weighted by Crippen LogP contribution is 2.46. The summed E-state index contributed by atoms with van der Waals surface area (Å²) in [5, 5.41) is 10.7. The Balaban J connectivity index is 1.39. The molecule has 3 nitrogen and oxygen atoms in total.